The molecule has 0 aliphatic rings. The molecule has 0 bridgehead atoms. The number of H-pyrrole nitrogens is 1. The van der Waals surface area contributed by atoms with Crippen molar-refractivity contribution in [2.75, 3.05) is 13.2 Å². The van der Waals surface area contributed by atoms with Crippen molar-refractivity contribution in [1.82, 2.24) is 4.98 Å². The first-order valence-electron chi connectivity index (χ1n) is 8.44. The maximum atomic E-state index is 13.7. The molecule has 0 unspecified atom stereocenters. The Bertz CT molecular complexity index is 928. The van der Waals surface area contributed by atoms with Crippen LogP contribution < -0.4 is 0 Å². The van der Waals surface area contributed by atoms with Gasteiger partial charge in [0.15, 0.2) is 6.61 Å². The van der Waals surface area contributed by atoms with E-state index in [0.717, 1.165) is 6.08 Å². The van der Waals surface area contributed by atoms with Crippen LogP contribution in [0.1, 0.15) is 44.6 Å². The summed E-state index contributed by atoms with van der Waals surface area (Å²) in [5, 5.41) is 0.137. The number of benzene rings is 1. The first-order chi connectivity index (χ1) is 13.3. The molecule has 0 radical (unpaired) electrons. The molecule has 0 atom stereocenters. The maximum absolute atomic E-state index is 13.7. The Kier molecular flexibility index (Phi) is 7.12. The van der Waals surface area contributed by atoms with Gasteiger partial charge in [0.05, 0.1) is 22.8 Å². The van der Waals surface area contributed by atoms with Crippen LogP contribution in [0.4, 0.5) is 4.39 Å². The fourth-order valence-electron chi connectivity index (χ4n) is 2.67. The van der Waals surface area contributed by atoms with E-state index in [2.05, 4.69) is 4.98 Å². The summed E-state index contributed by atoms with van der Waals surface area (Å²) < 4.78 is 23.6. The fraction of sp³-hybridized carbons (Fsp3) is 0.250. The number of aryl methyl sites for hydroxylation is 2. The van der Waals surface area contributed by atoms with Crippen molar-refractivity contribution in [3.63, 3.8) is 0 Å². The van der Waals surface area contributed by atoms with Gasteiger partial charge in [-0.25, -0.2) is 14.0 Å². The molecular weight excluding hydrogens is 389 g/mol. The van der Waals surface area contributed by atoms with Crippen LogP contribution in [0.15, 0.2) is 24.3 Å². The third-order valence-electron chi connectivity index (χ3n) is 3.86. The highest BCUT2D eigenvalue weighted by atomic mass is 35.5. The number of aromatic amines is 1. The van der Waals surface area contributed by atoms with Gasteiger partial charge in [0.2, 0.25) is 5.78 Å². The number of Topliss-reactive ketones (excluding diaryl/α,β-unsaturated/α-hetero) is 1. The van der Waals surface area contributed by atoms with E-state index in [0.29, 0.717) is 11.4 Å². The molecule has 0 spiro atoms. The molecule has 1 aromatic carbocycles. The number of hydrogen-bond acceptors (Lipinski definition) is 5. The van der Waals surface area contributed by atoms with Gasteiger partial charge in [0.1, 0.15) is 5.82 Å². The van der Waals surface area contributed by atoms with Crippen LogP contribution in [0.2, 0.25) is 5.02 Å². The minimum absolute atomic E-state index is 0.0362. The van der Waals surface area contributed by atoms with Gasteiger partial charge >= 0.3 is 11.9 Å². The topological polar surface area (TPSA) is 85.5 Å². The molecule has 8 heteroatoms. The lowest BCUT2D eigenvalue weighted by Crippen LogP contribution is -2.17. The van der Waals surface area contributed by atoms with Gasteiger partial charge in [-0.2, -0.15) is 0 Å². The van der Waals surface area contributed by atoms with Crippen LogP contribution in [0.3, 0.4) is 0 Å². The summed E-state index contributed by atoms with van der Waals surface area (Å²) in [6.07, 6.45) is 2.14. The van der Waals surface area contributed by atoms with E-state index in [1.54, 1.807) is 20.8 Å². The molecule has 0 amide bonds. The molecule has 1 heterocycles. The molecule has 1 N–H and O–H groups in total. The van der Waals surface area contributed by atoms with Crippen molar-refractivity contribution < 1.29 is 28.2 Å². The summed E-state index contributed by atoms with van der Waals surface area (Å²) in [6, 6.07) is 4.12. The van der Waals surface area contributed by atoms with E-state index < -0.39 is 30.1 Å². The number of aromatic nitrogens is 1. The highest BCUT2D eigenvalue weighted by Crippen LogP contribution is 2.21. The predicted molar refractivity (Wildman–Crippen MR) is 102 cm³/mol. The van der Waals surface area contributed by atoms with E-state index in [1.807, 2.05) is 0 Å². The number of hydrogen-bond donors (Lipinski definition) is 1. The zero-order valence-electron chi connectivity index (χ0n) is 15.6. The second kappa shape index (κ2) is 9.32. The molecule has 148 valence electrons. The Morgan fingerprint density at radius 1 is 1.14 bits per heavy atom. The molecule has 1 aromatic heterocycles. The van der Waals surface area contributed by atoms with Gasteiger partial charge in [-0.15, -0.1) is 0 Å². The first kappa shape index (κ1) is 21.4. The molecule has 2 rings (SSSR count). The van der Waals surface area contributed by atoms with Crippen LogP contribution in [0.5, 0.6) is 0 Å². The van der Waals surface area contributed by atoms with Gasteiger partial charge in [0, 0.05) is 23.0 Å². The number of ether oxygens (including phenoxy) is 2. The minimum atomic E-state index is -0.852. The average molecular weight is 408 g/mol. The molecule has 6 nitrogen and oxygen atoms in total. The van der Waals surface area contributed by atoms with Crippen LogP contribution in [-0.2, 0) is 14.3 Å². The Morgan fingerprint density at radius 2 is 1.82 bits per heavy atom. The molecule has 0 aliphatic carbocycles. The largest absolute Gasteiger partial charge is 0.462 e. The van der Waals surface area contributed by atoms with Crippen LogP contribution in [0.25, 0.3) is 6.08 Å². The van der Waals surface area contributed by atoms with Crippen molar-refractivity contribution >= 4 is 35.4 Å². The average Bonchev–Trinajstić information content (AvgIpc) is 2.93. The van der Waals surface area contributed by atoms with Crippen LogP contribution in [-0.4, -0.2) is 35.9 Å². The summed E-state index contributed by atoms with van der Waals surface area (Å²) in [5.74, 6) is -2.64. The summed E-state index contributed by atoms with van der Waals surface area (Å²) in [5.41, 5.74) is 1.23. The molecule has 0 aliphatic heterocycles. The Morgan fingerprint density at radius 3 is 2.46 bits per heavy atom. The maximum Gasteiger partial charge on any atom is 0.340 e. The van der Waals surface area contributed by atoms with E-state index in [-0.39, 0.29) is 28.3 Å². The van der Waals surface area contributed by atoms with E-state index in [4.69, 9.17) is 21.1 Å². The van der Waals surface area contributed by atoms with Crippen molar-refractivity contribution in [1.29, 1.82) is 0 Å². The summed E-state index contributed by atoms with van der Waals surface area (Å²) >= 11 is 5.87. The smallest absolute Gasteiger partial charge is 0.340 e. The van der Waals surface area contributed by atoms with E-state index in [1.165, 1.54) is 24.3 Å². The molecule has 0 fully saturated rings. The van der Waals surface area contributed by atoms with Crippen molar-refractivity contribution in [2.45, 2.75) is 20.8 Å². The van der Waals surface area contributed by atoms with Crippen LogP contribution in [0, 0.1) is 19.7 Å². The van der Waals surface area contributed by atoms with Gasteiger partial charge in [-0.1, -0.05) is 17.7 Å². The molecule has 0 saturated carbocycles. The van der Waals surface area contributed by atoms with Gasteiger partial charge in [-0.3, -0.25) is 4.79 Å². The first-order valence-corrected chi connectivity index (χ1v) is 8.82. The van der Waals surface area contributed by atoms with Crippen molar-refractivity contribution in [3.05, 3.63) is 63.2 Å². The lowest BCUT2D eigenvalue weighted by atomic mass is 10.1. The zero-order chi connectivity index (χ0) is 20.8. The number of nitrogens with one attached hydrogen (secondary N) is 1. The summed E-state index contributed by atoms with van der Waals surface area (Å²) in [6.45, 7) is 4.51. The standard InChI is InChI=1S/C20H19ClFNO5/c1-4-27-20(26)19-12(3)23-11(2)18(19)16(24)10-28-17(25)9-8-13-14(21)6-5-7-15(13)22/h5-9,23H,4,10H2,1-3H3/b9-8+. The molecule has 0 saturated heterocycles. The second-order valence-electron chi connectivity index (χ2n) is 5.85. The SMILES string of the molecule is CCOC(=O)c1c(C)[nH]c(C)c1C(=O)COC(=O)/C=C/c1c(F)cccc1Cl. The number of carbonyl (C=O) groups is 3. The number of carbonyl (C=O) groups excluding carboxylic acids is 3. The quantitative estimate of drug-likeness (QED) is 0.425. The number of esters is 2. The van der Waals surface area contributed by atoms with Crippen molar-refractivity contribution in [3.8, 4) is 0 Å². The highest BCUT2D eigenvalue weighted by Gasteiger charge is 2.25. The zero-order valence-corrected chi connectivity index (χ0v) is 16.4. The van der Waals surface area contributed by atoms with Gasteiger partial charge in [0.25, 0.3) is 0 Å². The normalized spacial score (nSPS) is 10.9. The summed E-state index contributed by atoms with van der Waals surface area (Å²) in [7, 11) is 0. The van der Waals surface area contributed by atoms with Gasteiger partial charge in [-0.05, 0) is 39.0 Å². The molecular formula is C20H19ClFNO5. The second-order valence-corrected chi connectivity index (χ2v) is 6.25. The predicted octanol–water partition coefficient (Wildman–Crippen LogP) is 4.04. The number of rotatable bonds is 7. The highest BCUT2D eigenvalue weighted by molar-refractivity contribution is 6.32. The molecule has 28 heavy (non-hydrogen) atoms. The Balaban J connectivity index is 2.09. The van der Waals surface area contributed by atoms with E-state index >= 15 is 0 Å². The number of ketones is 1. The molecule has 2 aromatic rings. The Hall–Kier alpha value is -2.93. The third-order valence-corrected chi connectivity index (χ3v) is 4.19. The lowest BCUT2D eigenvalue weighted by Gasteiger charge is -2.06. The third kappa shape index (κ3) is 4.86. The fourth-order valence-corrected chi connectivity index (χ4v) is 2.89. The van der Waals surface area contributed by atoms with Crippen molar-refractivity contribution in [2.24, 2.45) is 0 Å². The lowest BCUT2D eigenvalue weighted by molar-refractivity contribution is -0.136. The van der Waals surface area contributed by atoms with E-state index in [9.17, 15) is 18.8 Å². The summed E-state index contributed by atoms with van der Waals surface area (Å²) in [4.78, 5) is 39.4. The number of halogens is 2. The van der Waals surface area contributed by atoms with Crippen LogP contribution >= 0.6 is 11.6 Å². The van der Waals surface area contributed by atoms with Gasteiger partial charge < -0.3 is 14.5 Å². The Labute approximate surface area is 166 Å². The minimum Gasteiger partial charge on any atom is -0.462 e. The monoisotopic (exact) mass is 407 g/mol.